The highest BCUT2D eigenvalue weighted by molar-refractivity contribution is 5.95. The topological polar surface area (TPSA) is 67.4 Å². The summed E-state index contributed by atoms with van der Waals surface area (Å²) in [7, 11) is 0. The minimum atomic E-state index is 0.194. The van der Waals surface area contributed by atoms with E-state index in [-0.39, 0.29) is 11.9 Å². The van der Waals surface area contributed by atoms with Crippen LogP contribution in [-0.2, 0) is 4.79 Å². The second-order valence-electron chi connectivity index (χ2n) is 6.68. The van der Waals surface area contributed by atoms with Crippen molar-refractivity contribution >= 4 is 28.7 Å². The lowest BCUT2D eigenvalue weighted by Crippen LogP contribution is -2.23. The van der Waals surface area contributed by atoms with Crippen LogP contribution in [0.25, 0.3) is 11.1 Å². The van der Waals surface area contributed by atoms with Gasteiger partial charge in [-0.2, -0.15) is 10.1 Å². The van der Waals surface area contributed by atoms with Gasteiger partial charge in [-0.25, -0.2) is 0 Å². The van der Waals surface area contributed by atoms with Crippen molar-refractivity contribution in [2.45, 2.75) is 25.3 Å². The smallest absolute Gasteiger partial charge is 0.298 e. The highest BCUT2D eigenvalue weighted by Gasteiger charge is 2.29. The number of para-hydroxylation sites is 2. The molecule has 2 aromatic heterocycles. The van der Waals surface area contributed by atoms with E-state index in [1.807, 2.05) is 40.0 Å². The van der Waals surface area contributed by atoms with Gasteiger partial charge in [-0.1, -0.05) is 12.1 Å². The summed E-state index contributed by atoms with van der Waals surface area (Å²) in [6.07, 6.45) is 6.33. The summed E-state index contributed by atoms with van der Waals surface area (Å²) in [4.78, 5) is 20.5. The zero-order chi connectivity index (χ0) is 16.8. The van der Waals surface area contributed by atoms with Gasteiger partial charge in [0, 0.05) is 32.3 Å². The minimum absolute atomic E-state index is 0.194. The van der Waals surface area contributed by atoms with Crippen molar-refractivity contribution in [2.24, 2.45) is 0 Å². The molecule has 0 aliphatic carbocycles. The third kappa shape index (κ3) is 2.47. The molecule has 7 heteroatoms. The van der Waals surface area contributed by atoms with Crippen molar-refractivity contribution in [3.8, 4) is 0 Å². The quantitative estimate of drug-likeness (QED) is 0.735. The van der Waals surface area contributed by atoms with Crippen molar-refractivity contribution in [3.05, 3.63) is 36.7 Å². The fraction of sp³-hybridized carbons (Fsp3) is 0.389. The molecule has 2 saturated heterocycles. The molecule has 128 valence electrons. The molecular formula is C18H19N5O2. The van der Waals surface area contributed by atoms with Gasteiger partial charge in [0.15, 0.2) is 5.58 Å². The maximum atomic E-state index is 11.9. The van der Waals surface area contributed by atoms with E-state index in [9.17, 15) is 4.79 Å². The molecule has 1 aromatic carbocycles. The van der Waals surface area contributed by atoms with E-state index < -0.39 is 0 Å². The highest BCUT2D eigenvalue weighted by Crippen LogP contribution is 2.30. The van der Waals surface area contributed by atoms with Crippen molar-refractivity contribution in [3.63, 3.8) is 0 Å². The van der Waals surface area contributed by atoms with E-state index in [4.69, 9.17) is 4.42 Å². The zero-order valence-electron chi connectivity index (χ0n) is 13.8. The molecule has 2 aliphatic heterocycles. The zero-order valence-corrected chi connectivity index (χ0v) is 13.8. The lowest BCUT2D eigenvalue weighted by Gasteiger charge is -2.14. The van der Waals surface area contributed by atoms with Crippen molar-refractivity contribution in [1.82, 2.24) is 14.8 Å². The van der Waals surface area contributed by atoms with E-state index in [1.54, 1.807) is 6.20 Å². The molecule has 2 aliphatic rings. The lowest BCUT2D eigenvalue weighted by atomic mass is 10.3. The third-order valence-corrected chi connectivity index (χ3v) is 5.06. The Bertz CT molecular complexity index is 897. The SMILES string of the molecule is O=C1CCCN1c1cnn(C2CCN(c3nc4ccccc4o3)C2)c1. The average molecular weight is 337 g/mol. The molecular weight excluding hydrogens is 318 g/mol. The molecule has 3 aromatic rings. The molecule has 0 saturated carbocycles. The number of benzene rings is 1. The molecule has 1 unspecified atom stereocenters. The summed E-state index contributed by atoms with van der Waals surface area (Å²) in [5.74, 6) is 0.194. The Morgan fingerprint density at radius 3 is 2.96 bits per heavy atom. The summed E-state index contributed by atoms with van der Waals surface area (Å²) in [5.41, 5.74) is 2.60. The summed E-state index contributed by atoms with van der Waals surface area (Å²) < 4.78 is 7.84. The van der Waals surface area contributed by atoms with E-state index in [2.05, 4.69) is 15.0 Å². The van der Waals surface area contributed by atoms with E-state index >= 15 is 0 Å². The monoisotopic (exact) mass is 337 g/mol. The van der Waals surface area contributed by atoms with Gasteiger partial charge in [0.2, 0.25) is 5.91 Å². The molecule has 5 rings (SSSR count). The van der Waals surface area contributed by atoms with Crippen LogP contribution in [0.15, 0.2) is 41.1 Å². The maximum Gasteiger partial charge on any atom is 0.298 e. The molecule has 25 heavy (non-hydrogen) atoms. The van der Waals surface area contributed by atoms with Gasteiger partial charge in [-0.15, -0.1) is 0 Å². The fourth-order valence-corrected chi connectivity index (χ4v) is 3.72. The van der Waals surface area contributed by atoms with Crippen LogP contribution in [0.1, 0.15) is 25.3 Å². The normalized spacial score (nSPS) is 21.0. The Hall–Kier alpha value is -2.83. The summed E-state index contributed by atoms with van der Waals surface area (Å²) in [5, 5.41) is 4.49. The summed E-state index contributed by atoms with van der Waals surface area (Å²) in [6, 6.07) is 8.75. The van der Waals surface area contributed by atoms with Gasteiger partial charge in [0.1, 0.15) is 5.52 Å². The summed E-state index contributed by atoms with van der Waals surface area (Å²) >= 11 is 0. The third-order valence-electron chi connectivity index (χ3n) is 5.06. The summed E-state index contributed by atoms with van der Waals surface area (Å²) in [6.45, 7) is 2.49. The van der Waals surface area contributed by atoms with Crippen LogP contribution in [0.5, 0.6) is 0 Å². The maximum absolute atomic E-state index is 11.9. The molecule has 4 heterocycles. The number of rotatable bonds is 3. The predicted molar refractivity (Wildman–Crippen MR) is 93.7 cm³/mol. The average Bonchev–Trinajstić information content (AvgIpc) is 3.39. The van der Waals surface area contributed by atoms with Gasteiger partial charge < -0.3 is 14.2 Å². The number of carbonyl (C=O) groups is 1. The number of anilines is 2. The van der Waals surface area contributed by atoms with E-state index in [0.717, 1.165) is 49.3 Å². The van der Waals surface area contributed by atoms with Crippen molar-refractivity contribution in [2.75, 3.05) is 29.4 Å². The van der Waals surface area contributed by atoms with Crippen LogP contribution >= 0.6 is 0 Å². The van der Waals surface area contributed by atoms with Crippen molar-refractivity contribution in [1.29, 1.82) is 0 Å². The highest BCUT2D eigenvalue weighted by atomic mass is 16.4. The van der Waals surface area contributed by atoms with Crippen LogP contribution in [0.2, 0.25) is 0 Å². The molecule has 2 fully saturated rings. The Morgan fingerprint density at radius 2 is 2.12 bits per heavy atom. The van der Waals surface area contributed by atoms with Gasteiger partial charge >= 0.3 is 0 Å². The standard InChI is InChI=1S/C18H19N5O2/c24-17-6-3-8-22(17)14-10-19-23(12-14)13-7-9-21(11-13)18-20-15-4-1-2-5-16(15)25-18/h1-2,4-5,10,12-13H,3,6-9,11H2. The van der Waals surface area contributed by atoms with Crippen LogP contribution in [-0.4, -0.2) is 40.3 Å². The molecule has 0 radical (unpaired) electrons. The Kier molecular flexibility index (Phi) is 3.26. The van der Waals surface area contributed by atoms with Crippen LogP contribution < -0.4 is 9.80 Å². The fourth-order valence-electron chi connectivity index (χ4n) is 3.72. The number of fused-ring (bicyclic) bond motifs is 1. The first kappa shape index (κ1) is 14.5. The lowest BCUT2D eigenvalue weighted by molar-refractivity contribution is -0.117. The Labute approximate surface area is 144 Å². The van der Waals surface area contributed by atoms with Gasteiger partial charge in [0.25, 0.3) is 6.01 Å². The van der Waals surface area contributed by atoms with E-state index in [1.165, 1.54) is 0 Å². The second-order valence-corrected chi connectivity index (χ2v) is 6.68. The van der Waals surface area contributed by atoms with Gasteiger partial charge in [-0.05, 0) is 25.0 Å². The first-order chi connectivity index (χ1) is 12.3. The molecule has 0 N–H and O–H groups in total. The predicted octanol–water partition coefficient (Wildman–Crippen LogP) is 2.60. The number of carbonyl (C=O) groups excluding carboxylic acids is 1. The number of nitrogens with zero attached hydrogens (tertiary/aromatic N) is 5. The Morgan fingerprint density at radius 1 is 1.20 bits per heavy atom. The Balaban J connectivity index is 1.33. The largest absolute Gasteiger partial charge is 0.423 e. The number of amides is 1. The van der Waals surface area contributed by atoms with Gasteiger partial charge in [-0.3, -0.25) is 9.48 Å². The minimum Gasteiger partial charge on any atom is -0.423 e. The number of hydrogen-bond donors (Lipinski definition) is 0. The van der Waals surface area contributed by atoms with Crippen molar-refractivity contribution < 1.29 is 9.21 Å². The van der Waals surface area contributed by atoms with Crippen LogP contribution in [0, 0.1) is 0 Å². The molecule has 1 atom stereocenters. The molecule has 0 bridgehead atoms. The second kappa shape index (κ2) is 5.61. The van der Waals surface area contributed by atoms with Gasteiger partial charge in [0.05, 0.1) is 17.9 Å². The first-order valence-corrected chi connectivity index (χ1v) is 8.73. The number of oxazole rings is 1. The molecule has 1 amide bonds. The van der Waals surface area contributed by atoms with E-state index in [0.29, 0.717) is 12.4 Å². The number of hydrogen-bond acceptors (Lipinski definition) is 5. The molecule has 0 spiro atoms. The van der Waals surface area contributed by atoms with Crippen LogP contribution in [0.4, 0.5) is 11.7 Å². The first-order valence-electron chi connectivity index (χ1n) is 8.73. The number of aromatic nitrogens is 3. The molecule has 7 nitrogen and oxygen atoms in total. The van der Waals surface area contributed by atoms with Crippen LogP contribution in [0.3, 0.4) is 0 Å².